The lowest BCUT2D eigenvalue weighted by Crippen LogP contribution is -2.44. The van der Waals surface area contributed by atoms with Crippen molar-refractivity contribution >= 4 is 29.0 Å². The lowest BCUT2D eigenvalue weighted by molar-refractivity contribution is -0.133. The van der Waals surface area contributed by atoms with Crippen LogP contribution in [0.3, 0.4) is 0 Å². The normalized spacial score (nSPS) is 26.4. The maximum atomic E-state index is 12.8. The van der Waals surface area contributed by atoms with Gasteiger partial charge in [0.05, 0.1) is 12.2 Å². The fourth-order valence-corrected chi connectivity index (χ4v) is 5.05. The Labute approximate surface area is 169 Å². The van der Waals surface area contributed by atoms with Crippen molar-refractivity contribution in [3.05, 3.63) is 45.9 Å². The smallest absolute Gasteiger partial charge is 0.236 e. The number of carbonyl (C=O) groups is 1. The minimum Gasteiger partial charge on any atom is -0.341 e. The SMILES string of the molecule is CC1CCCN(C(=O)CN2C[C@H](c3ccc(Cl)cc3)[C@@H](c3csnn3)C2)C1. The van der Waals surface area contributed by atoms with E-state index >= 15 is 0 Å². The fourth-order valence-electron chi connectivity index (χ4n) is 4.40. The molecule has 1 unspecified atom stereocenters. The van der Waals surface area contributed by atoms with Crippen molar-refractivity contribution in [2.45, 2.75) is 31.6 Å². The first-order valence-electron chi connectivity index (χ1n) is 9.62. The van der Waals surface area contributed by atoms with Crippen LogP contribution in [0.25, 0.3) is 0 Å². The van der Waals surface area contributed by atoms with Crippen LogP contribution in [0.4, 0.5) is 0 Å². The number of amides is 1. The van der Waals surface area contributed by atoms with Gasteiger partial charge in [0.2, 0.25) is 5.91 Å². The molecule has 3 atom stereocenters. The van der Waals surface area contributed by atoms with Gasteiger partial charge in [-0.3, -0.25) is 9.69 Å². The van der Waals surface area contributed by atoms with Gasteiger partial charge in [-0.15, -0.1) is 5.10 Å². The van der Waals surface area contributed by atoms with E-state index in [0.29, 0.717) is 18.4 Å². The van der Waals surface area contributed by atoms with Crippen LogP contribution in [0.1, 0.15) is 42.9 Å². The van der Waals surface area contributed by atoms with E-state index in [0.717, 1.165) is 43.3 Å². The van der Waals surface area contributed by atoms with Crippen LogP contribution in [0, 0.1) is 5.92 Å². The molecule has 1 aromatic heterocycles. The summed E-state index contributed by atoms with van der Waals surface area (Å²) < 4.78 is 4.05. The number of hydrogen-bond donors (Lipinski definition) is 0. The molecule has 144 valence electrons. The Kier molecular flexibility index (Phi) is 5.76. The summed E-state index contributed by atoms with van der Waals surface area (Å²) in [5, 5.41) is 7.10. The van der Waals surface area contributed by atoms with Gasteiger partial charge in [0.1, 0.15) is 0 Å². The van der Waals surface area contributed by atoms with Gasteiger partial charge in [0.25, 0.3) is 0 Å². The third-order valence-electron chi connectivity index (χ3n) is 5.82. The van der Waals surface area contributed by atoms with Crippen molar-refractivity contribution in [2.24, 2.45) is 5.92 Å². The zero-order valence-electron chi connectivity index (χ0n) is 15.6. The zero-order valence-corrected chi connectivity index (χ0v) is 17.1. The second-order valence-corrected chi connectivity index (χ2v) is 8.92. The van der Waals surface area contributed by atoms with Crippen LogP contribution in [0.5, 0.6) is 0 Å². The number of nitrogens with zero attached hydrogens (tertiary/aromatic N) is 4. The molecule has 0 saturated carbocycles. The molecule has 2 aliphatic rings. The first-order valence-corrected chi connectivity index (χ1v) is 10.8. The molecule has 3 heterocycles. The van der Waals surface area contributed by atoms with E-state index in [1.165, 1.54) is 23.5 Å². The molecule has 27 heavy (non-hydrogen) atoms. The topological polar surface area (TPSA) is 49.3 Å². The zero-order chi connectivity index (χ0) is 18.8. The molecule has 2 fully saturated rings. The molecule has 0 bridgehead atoms. The Hall–Kier alpha value is -1.50. The van der Waals surface area contributed by atoms with E-state index in [4.69, 9.17) is 11.6 Å². The molecule has 0 spiro atoms. The monoisotopic (exact) mass is 404 g/mol. The second kappa shape index (κ2) is 8.25. The first kappa shape index (κ1) is 18.8. The minimum absolute atomic E-state index is 0.258. The van der Waals surface area contributed by atoms with E-state index < -0.39 is 0 Å². The summed E-state index contributed by atoms with van der Waals surface area (Å²) in [4.78, 5) is 17.1. The first-order chi connectivity index (χ1) is 13.1. The van der Waals surface area contributed by atoms with Crippen molar-refractivity contribution in [3.63, 3.8) is 0 Å². The summed E-state index contributed by atoms with van der Waals surface area (Å²) >= 11 is 7.46. The predicted octanol–water partition coefficient (Wildman–Crippen LogP) is 3.63. The number of rotatable bonds is 4. The quantitative estimate of drug-likeness (QED) is 0.780. The lowest BCUT2D eigenvalue weighted by Gasteiger charge is -2.32. The molecular formula is C20H25ClN4OS. The van der Waals surface area contributed by atoms with Gasteiger partial charge in [-0.1, -0.05) is 35.1 Å². The van der Waals surface area contributed by atoms with Crippen molar-refractivity contribution < 1.29 is 4.79 Å². The van der Waals surface area contributed by atoms with E-state index in [2.05, 4.69) is 33.5 Å². The highest BCUT2D eigenvalue weighted by atomic mass is 35.5. The average molecular weight is 405 g/mol. The van der Waals surface area contributed by atoms with Gasteiger partial charge >= 0.3 is 0 Å². The Morgan fingerprint density at radius 3 is 2.70 bits per heavy atom. The Balaban J connectivity index is 1.48. The average Bonchev–Trinajstić information content (AvgIpc) is 3.32. The third-order valence-corrected chi connectivity index (χ3v) is 6.59. The molecule has 7 heteroatoms. The number of piperidine rings is 1. The van der Waals surface area contributed by atoms with Crippen LogP contribution >= 0.6 is 23.1 Å². The summed E-state index contributed by atoms with van der Waals surface area (Å²) in [5.74, 6) is 1.43. The van der Waals surface area contributed by atoms with Gasteiger partial charge in [-0.05, 0) is 48.0 Å². The van der Waals surface area contributed by atoms with E-state index in [9.17, 15) is 4.79 Å². The van der Waals surface area contributed by atoms with Crippen molar-refractivity contribution in [3.8, 4) is 0 Å². The molecule has 5 nitrogen and oxygen atoms in total. The highest BCUT2D eigenvalue weighted by Crippen LogP contribution is 2.39. The molecule has 4 rings (SSSR count). The van der Waals surface area contributed by atoms with E-state index in [1.807, 2.05) is 22.4 Å². The van der Waals surface area contributed by atoms with Crippen molar-refractivity contribution in [1.29, 1.82) is 0 Å². The number of halogens is 1. The van der Waals surface area contributed by atoms with Gasteiger partial charge in [0, 0.05) is 48.4 Å². The number of benzene rings is 1. The molecule has 1 aromatic carbocycles. The summed E-state index contributed by atoms with van der Waals surface area (Å²) in [6.45, 7) is 6.22. The highest BCUT2D eigenvalue weighted by molar-refractivity contribution is 7.03. The van der Waals surface area contributed by atoms with Crippen LogP contribution in [-0.4, -0.2) is 58.0 Å². The van der Waals surface area contributed by atoms with Crippen LogP contribution in [-0.2, 0) is 4.79 Å². The van der Waals surface area contributed by atoms with Crippen molar-refractivity contribution in [1.82, 2.24) is 19.4 Å². The summed E-state index contributed by atoms with van der Waals surface area (Å²) in [5.41, 5.74) is 2.28. The Bertz CT molecular complexity index is 767. The van der Waals surface area contributed by atoms with Gasteiger partial charge < -0.3 is 4.90 Å². The van der Waals surface area contributed by atoms with Crippen molar-refractivity contribution in [2.75, 3.05) is 32.7 Å². The maximum absolute atomic E-state index is 12.8. The molecule has 1 amide bonds. The molecule has 0 radical (unpaired) electrons. The number of aromatic nitrogens is 2. The van der Waals surface area contributed by atoms with Gasteiger partial charge in [-0.25, -0.2) is 0 Å². The lowest BCUT2D eigenvalue weighted by atomic mass is 9.87. The molecular weight excluding hydrogens is 380 g/mol. The number of hydrogen-bond acceptors (Lipinski definition) is 5. The highest BCUT2D eigenvalue weighted by Gasteiger charge is 2.37. The molecule has 2 aromatic rings. The van der Waals surface area contributed by atoms with Gasteiger partial charge in [0.15, 0.2) is 0 Å². The molecule has 2 aliphatic heterocycles. The fraction of sp³-hybridized carbons (Fsp3) is 0.550. The maximum Gasteiger partial charge on any atom is 0.236 e. The summed E-state index contributed by atoms with van der Waals surface area (Å²) in [6.07, 6.45) is 2.35. The van der Waals surface area contributed by atoms with Gasteiger partial charge in [-0.2, -0.15) is 0 Å². The second-order valence-electron chi connectivity index (χ2n) is 7.88. The van der Waals surface area contributed by atoms with Crippen LogP contribution in [0.2, 0.25) is 5.02 Å². The third kappa shape index (κ3) is 4.33. The number of carbonyl (C=O) groups excluding carboxylic acids is 1. The molecule has 2 saturated heterocycles. The molecule has 0 N–H and O–H groups in total. The largest absolute Gasteiger partial charge is 0.341 e. The Morgan fingerprint density at radius 1 is 1.22 bits per heavy atom. The summed E-state index contributed by atoms with van der Waals surface area (Å²) in [6, 6.07) is 8.07. The Morgan fingerprint density at radius 2 is 2.00 bits per heavy atom. The van der Waals surface area contributed by atoms with Crippen LogP contribution in [0.15, 0.2) is 29.6 Å². The van der Waals surface area contributed by atoms with Crippen LogP contribution < -0.4 is 0 Å². The standard InChI is InChI=1S/C20H25ClN4OS/c1-14-3-2-8-25(9-14)20(26)12-24-10-17(15-4-6-16(21)7-5-15)18(11-24)19-13-27-23-22-19/h4-7,13-14,17-18H,2-3,8-12H2,1H3/t14?,17-,18+/m1/s1. The molecule has 0 aliphatic carbocycles. The predicted molar refractivity (Wildman–Crippen MR) is 108 cm³/mol. The van der Waals surface area contributed by atoms with E-state index in [-0.39, 0.29) is 11.8 Å². The van der Waals surface area contributed by atoms with E-state index in [1.54, 1.807) is 0 Å². The number of likely N-dealkylation sites (tertiary alicyclic amines) is 2. The minimum atomic E-state index is 0.258. The summed E-state index contributed by atoms with van der Waals surface area (Å²) in [7, 11) is 0.